The molecule has 1 aromatic carbocycles. The quantitative estimate of drug-likeness (QED) is 0.868. The summed E-state index contributed by atoms with van der Waals surface area (Å²) in [5, 5.41) is 7.74. The lowest BCUT2D eigenvalue weighted by molar-refractivity contribution is 0.289. The summed E-state index contributed by atoms with van der Waals surface area (Å²) in [6.45, 7) is 2.45. The highest BCUT2D eigenvalue weighted by Gasteiger charge is 2.04. The van der Waals surface area contributed by atoms with Gasteiger partial charge in [0.2, 0.25) is 0 Å². The Kier molecular flexibility index (Phi) is 3.24. The second-order valence-corrected chi connectivity index (χ2v) is 4.43. The third-order valence-corrected chi connectivity index (χ3v) is 2.87. The van der Waals surface area contributed by atoms with Crippen LogP contribution >= 0.6 is 15.9 Å². The molecule has 0 amide bonds. The number of halogens is 1. The van der Waals surface area contributed by atoms with Gasteiger partial charge < -0.3 is 9.30 Å². The van der Waals surface area contributed by atoms with Crippen LogP contribution in [0.2, 0.25) is 0 Å². The molecule has 0 spiro atoms. The lowest BCUT2D eigenvalue weighted by Crippen LogP contribution is -2.03. The predicted molar refractivity (Wildman–Crippen MR) is 64.2 cm³/mol. The minimum absolute atomic E-state index is 0.415. The maximum Gasteiger partial charge on any atom is 0.170 e. The average Bonchev–Trinajstić information content (AvgIpc) is 2.63. The summed E-state index contributed by atoms with van der Waals surface area (Å²) in [6.07, 6.45) is 1.66. The first-order valence-corrected chi connectivity index (χ1v) is 5.68. The van der Waals surface area contributed by atoms with E-state index in [0.29, 0.717) is 6.61 Å². The van der Waals surface area contributed by atoms with Crippen molar-refractivity contribution in [2.45, 2.75) is 13.5 Å². The summed E-state index contributed by atoms with van der Waals surface area (Å²) in [4.78, 5) is 0. The zero-order valence-corrected chi connectivity index (χ0v) is 10.7. The SMILES string of the molecule is Cc1ccc(OCc2nncn2C)c(Br)c1. The number of rotatable bonds is 3. The molecule has 0 saturated heterocycles. The van der Waals surface area contributed by atoms with E-state index in [1.54, 1.807) is 6.33 Å². The van der Waals surface area contributed by atoms with E-state index >= 15 is 0 Å². The van der Waals surface area contributed by atoms with Crippen LogP contribution in [-0.4, -0.2) is 14.8 Å². The van der Waals surface area contributed by atoms with Gasteiger partial charge in [0.05, 0.1) is 4.47 Å². The van der Waals surface area contributed by atoms with Crippen molar-refractivity contribution in [2.24, 2.45) is 7.05 Å². The van der Waals surface area contributed by atoms with Crippen LogP contribution < -0.4 is 4.74 Å². The lowest BCUT2D eigenvalue weighted by Gasteiger charge is -2.07. The van der Waals surface area contributed by atoms with E-state index in [0.717, 1.165) is 16.0 Å². The van der Waals surface area contributed by atoms with E-state index in [1.165, 1.54) is 5.56 Å². The third kappa shape index (κ3) is 2.41. The smallest absolute Gasteiger partial charge is 0.170 e. The minimum Gasteiger partial charge on any atom is -0.484 e. The Morgan fingerprint density at radius 2 is 2.25 bits per heavy atom. The molecule has 0 radical (unpaired) electrons. The predicted octanol–water partition coefficient (Wildman–Crippen LogP) is 2.47. The van der Waals surface area contributed by atoms with Gasteiger partial charge in [-0.1, -0.05) is 6.07 Å². The van der Waals surface area contributed by atoms with Crippen LogP contribution in [-0.2, 0) is 13.7 Å². The molecule has 0 saturated carbocycles. The lowest BCUT2D eigenvalue weighted by atomic mass is 10.2. The van der Waals surface area contributed by atoms with Crippen molar-refractivity contribution < 1.29 is 4.74 Å². The molecule has 0 aliphatic carbocycles. The van der Waals surface area contributed by atoms with Gasteiger partial charge in [-0.15, -0.1) is 10.2 Å². The number of aryl methyl sites for hydroxylation is 2. The fourth-order valence-electron chi connectivity index (χ4n) is 1.30. The van der Waals surface area contributed by atoms with Gasteiger partial charge in [0.25, 0.3) is 0 Å². The van der Waals surface area contributed by atoms with Crippen molar-refractivity contribution in [2.75, 3.05) is 0 Å². The molecule has 0 aliphatic heterocycles. The second kappa shape index (κ2) is 4.65. The van der Waals surface area contributed by atoms with Crippen LogP contribution in [0.3, 0.4) is 0 Å². The van der Waals surface area contributed by atoms with Gasteiger partial charge in [0.1, 0.15) is 18.7 Å². The largest absolute Gasteiger partial charge is 0.484 e. The molecule has 0 fully saturated rings. The van der Waals surface area contributed by atoms with Crippen molar-refractivity contribution in [3.05, 3.63) is 40.4 Å². The van der Waals surface area contributed by atoms with Gasteiger partial charge in [-0.3, -0.25) is 0 Å². The molecule has 2 rings (SSSR count). The molecular formula is C11H12BrN3O. The highest BCUT2D eigenvalue weighted by Crippen LogP contribution is 2.26. The van der Waals surface area contributed by atoms with Crippen molar-refractivity contribution >= 4 is 15.9 Å². The normalized spacial score (nSPS) is 10.4. The van der Waals surface area contributed by atoms with Gasteiger partial charge in [-0.25, -0.2) is 0 Å². The molecule has 5 heteroatoms. The zero-order chi connectivity index (χ0) is 11.5. The van der Waals surface area contributed by atoms with Gasteiger partial charge in [0, 0.05) is 7.05 Å². The Hall–Kier alpha value is -1.36. The van der Waals surface area contributed by atoms with Gasteiger partial charge >= 0.3 is 0 Å². The van der Waals surface area contributed by atoms with E-state index < -0.39 is 0 Å². The highest BCUT2D eigenvalue weighted by atomic mass is 79.9. The van der Waals surface area contributed by atoms with Crippen LogP contribution in [0.4, 0.5) is 0 Å². The fraction of sp³-hybridized carbons (Fsp3) is 0.273. The number of aromatic nitrogens is 3. The van der Waals surface area contributed by atoms with Crippen LogP contribution in [0.1, 0.15) is 11.4 Å². The standard InChI is InChI=1S/C11H12BrN3O/c1-8-3-4-10(9(12)5-8)16-6-11-14-13-7-15(11)2/h3-5,7H,6H2,1-2H3. The second-order valence-electron chi connectivity index (χ2n) is 3.58. The molecule has 4 nitrogen and oxygen atoms in total. The molecule has 1 heterocycles. The van der Waals surface area contributed by atoms with Crippen molar-refractivity contribution in [1.29, 1.82) is 0 Å². The molecule has 1 aromatic heterocycles. The molecule has 0 N–H and O–H groups in total. The molecule has 0 atom stereocenters. The number of nitrogens with zero attached hydrogens (tertiary/aromatic N) is 3. The van der Waals surface area contributed by atoms with E-state index in [4.69, 9.17) is 4.74 Å². The van der Waals surface area contributed by atoms with Gasteiger partial charge in [-0.2, -0.15) is 0 Å². The van der Waals surface area contributed by atoms with Crippen molar-refractivity contribution in [1.82, 2.24) is 14.8 Å². The van der Waals surface area contributed by atoms with E-state index in [-0.39, 0.29) is 0 Å². The first-order valence-electron chi connectivity index (χ1n) is 4.88. The highest BCUT2D eigenvalue weighted by molar-refractivity contribution is 9.10. The maximum absolute atomic E-state index is 5.65. The average molecular weight is 282 g/mol. The van der Waals surface area contributed by atoms with Crippen molar-refractivity contribution in [3.63, 3.8) is 0 Å². The summed E-state index contributed by atoms with van der Waals surface area (Å²) in [5.41, 5.74) is 1.19. The Labute approximate surface area is 102 Å². The van der Waals surface area contributed by atoms with Crippen molar-refractivity contribution in [3.8, 4) is 5.75 Å². The summed E-state index contributed by atoms with van der Waals surface area (Å²) in [7, 11) is 1.89. The monoisotopic (exact) mass is 281 g/mol. The molecule has 84 valence electrons. The Balaban J connectivity index is 2.08. The topological polar surface area (TPSA) is 39.9 Å². The number of ether oxygens (including phenoxy) is 1. The van der Waals surface area contributed by atoms with Crippen LogP contribution in [0.5, 0.6) is 5.75 Å². The van der Waals surface area contributed by atoms with Gasteiger partial charge in [-0.05, 0) is 40.5 Å². The third-order valence-electron chi connectivity index (χ3n) is 2.25. The zero-order valence-electron chi connectivity index (χ0n) is 9.14. The summed E-state index contributed by atoms with van der Waals surface area (Å²) >= 11 is 3.46. The molecule has 2 aromatic rings. The molecule has 16 heavy (non-hydrogen) atoms. The number of benzene rings is 1. The van der Waals surface area contributed by atoms with E-state index in [2.05, 4.69) is 26.1 Å². The van der Waals surface area contributed by atoms with Crippen LogP contribution in [0, 0.1) is 6.92 Å². The Morgan fingerprint density at radius 3 is 2.88 bits per heavy atom. The summed E-state index contributed by atoms with van der Waals surface area (Å²) < 4.78 is 8.44. The molecule has 0 unspecified atom stereocenters. The van der Waals surface area contributed by atoms with Gasteiger partial charge in [0.15, 0.2) is 5.82 Å². The fourth-order valence-corrected chi connectivity index (χ4v) is 1.91. The van der Waals surface area contributed by atoms with Crippen LogP contribution in [0.15, 0.2) is 29.0 Å². The summed E-state index contributed by atoms with van der Waals surface area (Å²) in [5.74, 6) is 1.61. The molecule has 0 aliphatic rings. The van der Waals surface area contributed by atoms with Crippen LogP contribution in [0.25, 0.3) is 0 Å². The first-order chi connectivity index (χ1) is 7.66. The Morgan fingerprint density at radius 1 is 1.44 bits per heavy atom. The molecule has 0 bridgehead atoms. The summed E-state index contributed by atoms with van der Waals surface area (Å²) in [6, 6.07) is 5.97. The molecular weight excluding hydrogens is 270 g/mol. The first kappa shape index (κ1) is 11.1. The van der Waals surface area contributed by atoms with E-state index in [9.17, 15) is 0 Å². The minimum atomic E-state index is 0.415. The number of hydrogen-bond acceptors (Lipinski definition) is 3. The Bertz CT molecular complexity index is 496. The maximum atomic E-state index is 5.65. The number of hydrogen-bond donors (Lipinski definition) is 0. The van der Waals surface area contributed by atoms with E-state index in [1.807, 2.05) is 36.7 Å².